The van der Waals surface area contributed by atoms with Crippen molar-refractivity contribution >= 4 is 22.7 Å². The van der Waals surface area contributed by atoms with Crippen molar-refractivity contribution in [1.29, 1.82) is 0 Å². The molecule has 39 heavy (non-hydrogen) atoms. The molecule has 6 nitrogen and oxygen atoms in total. The second-order valence-corrected chi connectivity index (χ2v) is 8.93. The highest BCUT2D eigenvalue weighted by Crippen LogP contribution is 2.31. The molecule has 0 aliphatic heterocycles. The maximum atomic E-state index is 13.7. The summed E-state index contributed by atoms with van der Waals surface area (Å²) in [5, 5.41) is 0.693. The van der Waals surface area contributed by atoms with E-state index in [-0.39, 0.29) is 18.3 Å². The molecule has 1 heterocycles. The van der Waals surface area contributed by atoms with Crippen molar-refractivity contribution in [2.45, 2.75) is 88.2 Å². The fourth-order valence-electron chi connectivity index (χ4n) is 4.22. The minimum atomic E-state index is -0.406. The number of likely N-dealkylation sites (N-methyl/N-ethyl adjacent to an activating group) is 1. The molecule has 0 saturated heterocycles. The first-order chi connectivity index (χ1) is 18.8. The number of hydrogen-bond donors (Lipinski definition) is 0. The number of nitrogens with zero attached hydrogens (tertiary/aromatic N) is 1. The molecule has 3 aromatic rings. The van der Waals surface area contributed by atoms with Crippen molar-refractivity contribution in [3.63, 3.8) is 0 Å². The van der Waals surface area contributed by atoms with E-state index in [4.69, 9.17) is 13.9 Å². The van der Waals surface area contributed by atoms with Crippen LogP contribution in [0, 0.1) is 13.8 Å². The van der Waals surface area contributed by atoms with Crippen LogP contribution in [0.15, 0.2) is 40.8 Å². The standard InChI is InChI=1S/C29H37NO5.2C2H6/c1-7-21(6)34-26(31)18-25-27(23-12-10-11-13-24(23)35-25)28(32)22-16-19(4)29(20(5)17-22)33-15-14-30(8-2)9-3;2*1-2/h10-13,16-17,21H,7-9,14-15,18H2,1-6H3;2*1-2H3/t21-;;/m0../s1. The van der Waals surface area contributed by atoms with Gasteiger partial charge in [0.25, 0.3) is 0 Å². The second kappa shape index (κ2) is 17.5. The van der Waals surface area contributed by atoms with E-state index >= 15 is 0 Å². The predicted molar refractivity (Wildman–Crippen MR) is 161 cm³/mol. The number of para-hydroxylation sites is 1. The Morgan fingerprint density at radius 3 is 2.10 bits per heavy atom. The summed E-state index contributed by atoms with van der Waals surface area (Å²) in [4.78, 5) is 28.5. The van der Waals surface area contributed by atoms with Gasteiger partial charge < -0.3 is 18.8 Å². The first-order valence-corrected chi connectivity index (χ1v) is 14.5. The lowest BCUT2D eigenvalue weighted by Gasteiger charge is -2.19. The van der Waals surface area contributed by atoms with E-state index in [9.17, 15) is 9.59 Å². The Morgan fingerprint density at radius 2 is 1.54 bits per heavy atom. The molecular weight excluding hydrogens is 490 g/mol. The number of ether oxygens (including phenoxy) is 2. The van der Waals surface area contributed by atoms with Crippen LogP contribution in [-0.4, -0.2) is 49.0 Å². The molecule has 0 aliphatic rings. The number of hydrogen-bond acceptors (Lipinski definition) is 6. The quantitative estimate of drug-likeness (QED) is 0.172. The van der Waals surface area contributed by atoms with Crippen LogP contribution < -0.4 is 4.74 Å². The van der Waals surface area contributed by atoms with Crippen LogP contribution in [0.5, 0.6) is 5.75 Å². The van der Waals surface area contributed by atoms with Crippen molar-refractivity contribution in [3.8, 4) is 5.75 Å². The summed E-state index contributed by atoms with van der Waals surface area (Å²) in [6.45, 7) is 23.4. The van der Waals surface area contributed by atoms with E-state index < -0.39 is 5.97 Å². The summed E-state index contributed by atoms with van der Waals surface area (Å²) in [6.07, 6.45) is 0.440. The van der Waals surface area contributed by atoms with Gasteiger partial charge in [-0.15, -0.1) is 0 Å². The molecule has 6 heteroatoms. The van der Waals surface area contributed by atoms with Crippen LogP contribution in [0.4, 0.5) is 0 Å². The van der Waals surface area contributed by atoms with Crippen LogP contribution in [0.25, 0.3) is 11.0 Å². The van der Waals surface area contributed by atoms with Gasteiger partial charge in [0.2, 0.25) is 0 Å². The Morgan fingerprint density at radius 1 is 0.949 bits per heavy atom. The van der Waals surface area contributed by atoms with Crippen LogP contribution in [0.2, 0.25) is 0 Å². The highest BCUT2D eigenvalue weighted by Gasteiger charge is 2.25. The first-order valence-electron chi connectivity index (χ1n) is 14.5. The molecule has 0 N–H and O–H groups in total. The average Bonchev–Trinajstić information content (AvgIpc) is 3.31. The highest BCUT2D eigenvalue weighted by molar-refractivity contribution is 6.17. The van der Waals surface area contributed by atoms with Crippen LogP contribution in [0.3, 0.4) is 0 Å². The molecule has 3 rings (SSSR count). The van der Waals surface area contributed by atoms with E-state index in [1.54, 1.807) is 6.07 Å². The highest BCUT2D eigenvalue weighted by atomic mass is 16.5. The van der Waals surface area contributed by atoms with Gasteiger partial charge in [-0.2, -0.15) is 0 Å². The molecule has 2 aromatic carbocycles. The largest absolute Gasteiger partial charge is 0.492 e. The molecular formula is C33H49NO5. The number of benzene rings is 2. The van der Waals surface area contributed by atoms with Crippen molar-refractivity contribution in [2.75, 3.05) is 26.2 Å². The van der Waals surface area contributed by atoms with Crippen LogP contribution in [-0.2, 0) is 16.0 Å². The average molecular weight is 540 g/mol. The number of ketones is 1. The zero-order chi connectivity index (χ0) is 29.5. The normalized spacial score (nSPS) is 11.3. The summed E-state index contributed by atoms with van der Waals surface area (Å²) in [5.74, 6) is 0.557. The summed E-state index contributed by atoms with van der Waals surface area (Å²) in [6, 6.07) is 11.1. The zero-order valence-electron chi connectivity index (χ0n) is 25.8. The molecule has 216 valence electrons. The molecule has 1 aromatic heterocycles. The monoisotopic (exact) mass is 539 g/mol. The second-order valence-electron chi connectivity index (χ2n) is 8.93. The van der Waals surface area contributed by atoms with Gasteiger partial charge in [0.05, 0.1) is 11.7 Å². The van der Waals surface area contributed by atoms with Crippen LogP contribution >= 0.6 is 0 Å². The fraction of sp³-hybridized carbons (Fsp3) is 0.515. The molecule has 0 unspecified atom stereocenters. The minimum absolute atomic E-state index is 0.0926. The SMILES string of the molecule is CC.CC.CC[C@H](C)OC(=O)Cc1oc2ccccc2c1C(=O)c1cc(C)c(OCCN(CC)CC)c(C)c1. The lowest BCUT2D eigenvalue weighted by Crippen LogP contribution is -2.28. The zero-order valence-corrected chi connectivity index (χ0v) is 25.8. The van der Waals surface area contributed by atoms with E-state index in [1.807, 2.05) is 85.7 Å². The summed E-state index contributed by atoms with van der Waals surface area (Å²) in [7, 11) is 0. The van der Waals surface area contributed by atoms with Crippen LogP contribution in [0.1, 0.15) is 94.6 Å². The Bertz CT molecular complexity index is 1150. The van der Waals surface area contributed by atoms with Gasteiger partial charge in [0.1, 0.15) is 30.1 Å². The van der Waals surface area contributed by atoms with Gasteiger partial charge in [-0.3, -0.25) is 9.59 Å². The number of furan rings is 1. The number of carbonyl (C=O) groups excluding carboxylic acids is 2. The van der Waals surface area contributed by atoms with E-state index in [1.165, 1.54) is 0 Å². The van der Waals surface area contributed by atoms with Gasteiger partial charge in [-0.25, -0.2) is 0 Å². The lowest BCUT2D eigenvalue weighted by atomic mass is 9.96. The minimum Gasteiger partial charge on any atom is -0.492 e. The van der Waals surface area contributed by atoms with Gasteiger partial charge >= 0.3 is 5.97 Å². The molecule has 0 bridgehead atoms. The molecule has 1 atom stereocenters. The molecule has 0 amide bonds. The number of aryl methyl sites for hydroxylation is 2. The third kappa shape index (κ3) is 9.24. The maximum Gasteiger partial charge on any atom is 0.313 e. The van der Waals surface area contributed by atoms with E-state index in [0.717, 1.165) is 42.9 Å². The van der Waals surface area contributed by atoms with Gasteiger partial charge in [0, 0.05) is 17.5 Å². The van der Waals surface area contributed by atoms with Crippen molar-refractivity contribution in [3.05, 3.63) is 64.4 Å². The predicted octanol–water partition coefficient (Wildman–Crippen LogP) is 7.94. The van der Waals surface area contributed by atoms with Gasteiger partial charge in [0.15, 0.2) is 5.78 Å². The van der Waals surface area contributed by atoms with Gasteiger partial charge in [-0.1, -0.05) is 66.7 Å². The number of fused-ring (bicyclic) bond motifs is 1. The van der Waals surface area contributed by atoms with E-state index in [0.29, 0.717) is 34.5 Å². The Balaban J connectivity index is 0.00000181. The smallest absolute Gasteiger partial charge is 0.313 e. The summed E-state index contributed by atoms with van der Waals surface area (Å²) >= 11 is 0. The lowest BCUT2D eigenvalue weighted by molar-refractivity contribution is -0.147. The number of carbonyl (C=O) groups is 2. The fourth-order valence-corrected chi connectivity index (χ4v) is 4.22. The Hall–Kier alpha value is -3.12. The third-order valence-corrected chi connectivity index (χ3v) is 6.38. The number of esters is 1. The molecule has 0 fully saturated rings. The van der Waals surface area contributed by atoms with E-state index in [2.05, 4.69) is 18.7 Å². The summed E-state index contributed by atoms with van der Waals surface area (Å²) in [5.41, 5.74) is 3.33. The van der Waals surface area contributed by atoms with Crippen molar-refractivity contribution < 1.29 is 23.5 Å². The maximum absolute atomic E-state index is 13.7. The molecule has 0 saturated carbocycles. The number of rotatable bonds is 12. The first kappa shape index (κ1) is 33.9. The Kier molecular flexibility index (Phi) is 15.2. The van der Waals surface area contributed by atoms with Crippen molar-refractivity contribution in [2.24, 2.45) is 0 Å². The summed E-state index contributed by atoms with van der Waals surface area (Å²) < 4.78 is 17.5. The topological polar surface area (TPSA) is 69.0 Å². The third-order valence-electron chi connectivity index (χ3n) is 6.38. The Labute approximate surface area is 235 Å². The molecule has 0 aliphatic carbocycles. The molecule has 0 spiro atoms. The molecule has 0 radical (unpaired) electrons. The van der Waals surface area contributed by atoms with Gasteiger partial charge in [-0.05, 0) is 69.6 Å². The van der Waals surface area contributed by atoms with Crippen molar-refractivity contribution in [1.82, 2.24) is 4.90 Å².